The molecule has 1 heteroatoms. The van der Waals surface area contributed by atoms with Crippen LogP contribution in [0.4, 0.5) is 0 Å². The van der Waals surface area contributed by atoms with Gasteiger partial charge in [0.05, 0.1) is 0 Å². The monoisotopic (exact) mass is 370 g/mol. The van der Waals surface area contributed by atoms with Crippen LogP contribution in [0, 0.1) is 0 Å². The molecule has 0 saturated heterocycles. The van der Waals surface area contributed by atoms with Crippen LogP contribution < -0.4 is 0 Å². The fraction of sp³-hybridized carbons (Fsp3) is 0.154. The maximum atomic E-state index is 6.26. The van der Waals surface area contributed by atoms with Gasteiger partial charge < -0.3 is 0 Å². The van der Waals surface area contributed by atoms with Gasteiger partial charge in [-0.25, -0.2) is 0 Å². The zero-order valence-electron chi connectivity index (χ0n) is 16.0. The molecule has 0 amide bonds. The summed E-state index contributed by atoms with van der Waals surface area (Å²) in [5.41, 5.74) is 6.36. The van der Waals surface area contributed by atoms with Crippen LogP contribution in [0.3, 0.4) is 0 Å². The lowest BCUT2D eigenvalue weighted by Gasteiger charge is -2.19. The van der Waals surface area contributed by atoms with Crippen molar-refractivity contribution in [1.29, 1.82) is 0 Å². The second-order valence-electron chi connectivity index (χ2n) is 8.05. The van der Waals surface area contributed by atoms with E-state index in [0.717, 1.165) is 10.6 Å². The van der Waals surface area contributed by atoms with Crippen molar-refractivity contribution in [2.45, 2.75) is 26.2 Å². The molecule has 4 rings (SSSR count). The molecular weight excluding hydrogens is 348 g/mol. The maximum Gasteiger partial charge on any atom is 0.0412 e. The highest BCUT2D eigenvalue weighted by Gasteiger charge is 2.14. The van der Waals surface area contributed by atoms with Crippen molar-refractivity contribution in [3.05, 3.63) is 95.5 Å². The summed E-state index contributed by atoms with van der Waals surface area (Å²) in [6.45, 7) is 6.74. The largest absolute Gasteiger partial charge is 0.0843 e. The molecular formula is C26H23Cl. The predicted molar refractivity (Wildman–Crippen MR) is 119 cm³/mol. The average Bonchev–Trinajstić information content (AvgIpc) is 2.66. The number of hydrogen-bond acceptors (Lipinski definition) is 0. The van der Waals surface area contributed by atoms with Crippen LogP contribution in [-0.2, 0) is 5.41 Å². The third-order valence-electron chi connectivity index (χ3n) is 5.10. The van der Waals surface area contributed by atoms with Gasteiger partial charge in [0.1, 0.15) is 0 Å². The Bertz CT molecular complexity index is 1090. The van der Waals surface area contributed by atoms with E-state index in [-0.39, 0.29) is 5.41 Å². The van der Waals surface area contributed by atoms with Gasteiger partial charge in [-0.2, -0.15) is 0 Å². The molecule has 0 bridgehead atoms. The van der Waals surface area contributed by atoms with Crippen LogP contribution in [-0.4, -0.2) is 0 Å². The molecule has 0 radical (unpaired) electrons. The van der Waals surface area contributed by atoms with Crippen LogP contribution in [0.2, 0.25) is 5.02 Å². The van der Waals surface area contributed by atoms with E-state index in [1.807, 2.05) is 18.2 Å². The summed E-state index contributed by atoms with van der Waals surface area (Å²) in [7, 11) is 0. The molecule has 134 valence electrons. The molecule has 0 saturated carbocycles. The molecule has 0 atom stereocenters. The van der Waals surface area contributed by atoms with E-state index in [1.165, 1.54) is 33.0 Å². The van der Waals surface area contributed by atoms with Crippen LogP contribution in [0.25, 0.3) is 33.0 Å². The van der Waals surface area contributed by atoms with Crippen molar-refractivity contribution in [1.82, 2.24) is 0 Å². The Morgan fingerprint density at radius 1 is 0.630 bits per heavy atom. The molecule has 0 N–H and O–H groups in total. The third-order valence-corrected chi connectivity index (χ3v) is 5.34. The topological polar surface area (TPSA) is 0 Å². The minimum absolute atomic E-state index is 0.156. The van der Waals surface area contributed by atoms with Crippen LogP contribution in [0.5, 0.6) is 0 Å². The zero-order chi connectivity index (χ0) is 19.0. The molecule has 0 nitrogen and oxygen atoms in total. The summed E-state index contributed by atoms with van der Waals surface area (Å²) < 4.78 is 0. The standard InChI is InChI=1S/C26H23Cl/c1-26(2,3)21-15-13-18(14-16-21)23-11-5-7-19-8-6-12-24(25(19)23)20-9-4-10-22(27)17-20/h4-17H,1-3H3. The van der Waals surface area contributed by atoms with Gasteiger partial charge in [0.2, 0.25) is 0 Å². The van der Waals surface area contributed by atoms with Crippen molar-refractivity contribution in [3.63, 3.8) is 0 Å². The van der Waals surface area contributed by atoms with E-state index in [4.69, 9.17) is 11.6 Å². The van der Waals surface area contributed by atoms with Gasteiger partial charge in [-0.15, -0.1) is 0 Å². The van der Waals surface area contributed by atoms with Gasteiger partial charge in [0.25, 0.3) is 0 Å². The van der Waals surface area contributed by atoms with Gasteiger partial charge in [-0.1, -0.05) is 105 Å². The highest BCUT2D eigenvalue weighted by atomic mass is 35.5. The first kappa shape index (κ1) is 17.8. The van der Waals surface area contributed by atoms with E-state index < -0.39 is 0 Å². The molecule has 4 aromatic rings. The zero-order valence-corrected chi connectivity index (χ0v) is 16.7. The van der Waals surface area contributed by atoms with Crippen molar-refractivity contribution in [2.75, 3.05) is 0 Å². The highest BCUT2D eigenvalue weighted by Crippen LogP contribution is 2.37. The third kappa shape index (κ3) is 3.50. The van der Waals surface area contributed by atoms with E-state index >= 15 is 0 Å². The Kier molecular flexibility index (Phi) is 4.53. The number of hydrogen-bond donors (Lipinski definition) is 0. The maximum absolute atomic E-state index is 6.26. The average molecular weight is 371 g/mol. The van der Waals surface area contributed by atoms with Gasteiger partial charge in [0, 0.05) is 5.02 Å². The Balaban J connectivity index is 1.94. The summed E-state index contributed by atoms with van der Waals surface area (Å²) >= 11 is 6.26. The lowest BCUT2D eigenvalue weighted by atomic mass is 9.85. The van der Waals surface area contributed by atoms with E-state index in [2.05, 4.69) is 87.5 Å². The predicted octanol–water partition coefficient (Wildman–Crippen LogP) is 8.12. The molecule has 0 aliphatic heterocycles. The second-order valence-corrected chi connectivity index (χ2v) is 8.48. The summed E-state index contributed by atoms with van der Waals surface area (Å²) in [6, 6.07) is 30.1. The molecule has 0 heterocycles. The number of halogens is 1. The van der Waals surface area contributed by atoms with Crippen molar-refractivity contribution in [3.8, 4) is 22.3 Å². The van der Waals surface area contributed by atoms with Crippen molar-refractivity contribution >= 4 is 22.4 Å². The summed E-state index contributed by atoms with van der Waals surface area (Å²) in [5.74, 6) is 0. The number of benzene rings is 4. The van der Waals surface area contributed by atoms with Gasteiger partial charge >= 0.3 is 0 Å². The molecule has 0 aliphatic rings. The van der Waals surface area contributed by atoms with Gasteiger partial charge in [0.15, 0.2) is 0 Å². The van der Waals surface area contributed by atoms with E-state index in [9.17, 15) is 0 Å². The normalized spacial score (nSPS) is 11.7. The SMILES string of the molecule is CC(C)(C)c1ccc(-c2cccc3cccc(-c4cccc(Cl)c4)c23)cc1. The van der Waals surface area contributed by atoms with E-state index in [1.54, 1.807) is 0 Å². The number of fused-ring (bicyclic) bond motifs is 1. The van der Waals surface area contributed by atoms with Crippen LogP contribution >= 0.6 is 11.6 Å². The molecule has 4 aromatic carbocycles. The Labute approximate surface area is 166 Å². The van der Waals surface area contributed by atoms with Crippen molar-refractivity contribution < 1.29 is 0 Å². The molecule has 27 heavy (non-hydrogen) atoms. The molecule has 0 unspecified atom stereocenters. The summed E-state index contributed by atoms with van der Waals surface area (Å²) in [5, 5.41) is 3.27. The number of rotatable bonds is 2. The lowest BCUT2D eigenvalue weighted by molar-refractivity contribution is 0.590. The minimum Gasteiger partial charge on any atom is -0.0843 e. The molecule has 0 aromatic heterocycles. The molecule has 0 fully saturated rings. The first-order valence-electron chi connectivity index (χ1n) is 9.32. The first-order valence-corrected chi connectivity index (χ1v) is 9.70. The van der Waals surface area contributed by atoms with Crippen LogP contribution in [0.1, 0.15) is 26.3 Å². The van der Waals surface area contributed by atoms with Crippen molar-refractivity contribution in [2.24, 2.45) is 0 Å². The fourth-order valence-electron chi connectivity index (χ4n) is 3.63. The minimum atomic E-state index is 0.156. The Hall–Kier alpha value is -2.57. The molecule has 0 spiro atoms. The first-order chi connectivity index (χ1) is 12.9. The van der Waals surface area contributed by atoms with E-state index in [0.29, 0.717) is 0 Å². The Morgan fingerprint density at radius 2 is 1.22 bits per heavy atom. The van der Waals surface area contributed by atoms with Gasteiger partial charge in [-0.3, -0.25) is 0 Å². The van der Waals surface area contributed by atoms with Gasteiger partial charge in [-0.05, 0) is 56.1 Å². The summed E-state index contributed by atoms with van der Waals surface area (Å²) in [4.78, 5) is 0. The van der Waals surface area contributed by atoms with Crippen LogP contribution in [0.15, 0.2) is 84.9 Å². The highest BCUT2D eigenvalue weighted by molar-refractivity contribution is 6.31. The molecule has 0 aliphatic carbocycles. The Morgan fingerprint density at radius 3 is 1.81 bits per heavy atom. The quantitative estimate of drug-likeness (QED) is 0.334. The smallest absolute Gasteiger partial charge is 0.0412 e. The lowest BCUT2D eigenvalue weighted by Crippen LogP contribution is -2.10. The fourth-order valence-corrected chi connectivity index (χ4v) is 3.82. The summed E-state index contributed by atoms with van der Waals surface area (Å²) in [6.07, 6.45) is 0. The second kappa shape index (κ2) is 6.87.